The van der Waals surface area contributed by atoms with Gasteiger partial charge in [0.2, 0.25) is 5.91 Å². The highest BCUT2D eigenvalue weighted by atomic mass is 16.2. The Morgan fingerprint density at radius 3 is 2.68 bits per heavy atom. The van der Waals surface area contributed by atoms with Crippen LogP contribution in [-0.4, -0.2) is 28.2 Å². The number of Topliss-reactive ketones (excluding diaryl/α,β-unsaturated/α-hetero) is 1. The van der Waals surface area contributed by atoms with E-state index in [2.05, 4.69) is 21.4 Å². The van der Waals surface area contributed by atoms with Crippen molar-refractivity contribution in [1.29, 1.82) is 0 Å². The molecule has 28 heavy (non-hydrogen) atoms. The van der Waals surface area contributed by atoms with Gasteiger partial charge in [-0.3, -0.25) is 9.59 Å². The van der Waals surface area contributed by atoms with Crippen LogP contribution in [-0.2, 0) is 24.1 Å². The molecule has 0 saturated carbocycles. The van der Waals surface area contributed by atoms with Crippen molar-refractivity contribution in [3.63, 3.8) is 0 Å². The van der Waals surface area contributed by atoms with Crippen LogP contribution in [0.1, 0.15) is 53.0 Å². The monoisotopic (exact) mass is 375 g/mol. The molecule has 0 unspecified atom stereocenters. The van der Waals surface area contributed by atoms with Gasteiger partial charge in [-0.15, -0.1) is 0 Å². The summed E-state index contributed by atoms with van der Waals surface area (Å²) in [6.07, 6.45) is 5.69. The van der Waals surface area contributed by atoms with E-state index in [9.17, 15) is 9.59 Å². The van der Waals surface area contributed by atoms with Crippen LogP contribution < -0.4 is 5.32 Å². The Morgan fingerprint density at radius 2 is 1.82 bits per heavy atom. The quantitative estimate of drug-likeness (QED) is 0.618. The van der Waals surface area contributed by atoms with E-state index < -0.39 is 0 Å². The number of amides is 1. The molecule has 2 N–H and O–H groups in total. The number of benzene rings is 2. The summed E-state index contributed by atoms with van der Waals surface area (Å²) in [6, 6.07) is 13.9. The van der Waals surface area contributed by atoms with Crippen molar-refractivity contribution in [3.05, 3.63) is 65.0 Å². The number of rotatable bonds is 7. The first-order chi connectivity index (χ1) is 13.7. The highest BCUT2D eigenvalue weighted by molar-refractivity contribution is 5.98. The van der Waals surface area contributed by atoms with E-state index in [1.807, 2.05) is 36.4 Å². The predicted molar refractivity (Wildman–Crippen MR) is 109 cm³/mol. The number of nitrogens with zero attached hydrogens (tertiary/aromatic N) is 1. The van der Waals surface area contributed by atoms with Gasteiger partial charge >= 0.3 is 0 Å². The van der Waals surface area contributed by atoms with E-state index in [1.165, 1.54) is 24.0 Å². The lowest BCUT2D eigenvalue weighted by atomic mass is 9.89. The number of imidazole rings is 1. The molecule has 144 valence electrons. The second-order valence-electron chi connectivity index (χ2n) is 7.41. The van der Waals surface area contributed by atoms with Crippen molar-refractivity contribution < 1.29 is 9.59 Å². The molecule has 0 bridgehead atoms. The van der Waals surface area contributed by atoms with E-state index >= 15 is 0 Å². The molecule has 0 aliphatic heterocycles. The number of carbonyl (C=O) groups excluding carboxylic acids is 2. The van der Waals surface area contributed by atoms with Gasteiger partial charge in [0.25, 0.3) is 0 Å². The minimum atomic E-state index is -0.0950. The normalized spacial score (nSPS) is 13.3. The number of H-pyrrole nitrogens is 1. The fourth-order valence-corrected chi connectivity index (χ4v) is 3.81. The van der Waals surface area contributed by atoms with Crippen LogP contribution in [0.5, 0.6) is 0 Å². The van der Waals surface area contributed by atoms with Crippen molar-refractivity contribution >= 4 is 22.7 Å². The van der Waals surface area contributed by atoms with Crippen LogP contribution in [0.2, 0.25) is 0 Å². The van der Waals surface area contributed by atoms with Gasteiger partial charge in [0.15, 0.2) is 5.78 Å². The average molecular weight is 375 g/mol. The summed E-state index contributed by atoms with van der Waals surface area (Å²) in [5.74, 6) is 0.801. The third-order valence-corrected chi connectivity index (χ3v) is 5.37. The summed E-state index contributed by atoms with van der Waals surface area (Å²) in [7, 11) is 0. The number of fused-ring (bicyclic) bond motifs is 2. The molecule has 1 amide bonds. The fourth-order valence-electron chi connectivity index (χ4n) is 3.81. The van der Waals surface area contributed by atoms with E-state index in [1.54, 1.807) is 0 Å². The number of aromatic amines is 1. The molecule has 4 rings (SSSR count). The number of carbonyl (C=O) groups is 2. The average Bonchev–Trinajstić information content (AvgIpc) is 3.14. The summed E-state index contributed by atoms with van der Waals surface area (Å²) in [5.41, 5.74) is 5.33. The van der Waals surface area contributed by atoms with Crippen LogP contribution >= 0.6 is 0 Å². The Morgan fingerprint density at radius 1 is 1.00 bits per heavy atom. The Labute approximate surface area is 164 Å². The zero-order valence-corrected chi connectivity index (χ0v) is 16.0. The maximum absolute atomic E-state index is 12.4. The molecule has 3 aromatic rings. The largest absolute Gasteiger partial charge is 0.356 e. The lowest BCUT2D eigenvalue weighted by molar-refractivity contribution is -0.121. The number of nitrogens with one attached hydrogen (secondary N) is 2. The van der Waals surface area contributed by atoms with Crippen LogP contribution in [0, 0.1) is 0 Å². The standard InChI is InChI=1S/C23H25N3O2/c27-21(18-10-9-16-5-1-2-6-17(16)15-18)11-12-23(28)24-14-13-22-25-19-7-3-4-8-20(19)26-22/h3-4,7-10,15H,1-2,5-6,11-14H2,(H,24,28)(H,25,26). The molecule has 5 heteroatoms. The van der Waals surface area contributed by atoms with Gasteiger partial charge in [0.05, 0.1) is 11.0 Å². The third-order valence-electron chi connectivity index (χ3n) is 5.37. The molecule has 0 radical (unpaired) electrons. The minimum absolute atomic E-state index is 0.0424. The number of hydrogen-bond acceptors (Lipinski definition) is 3. The van der Waals surface area contributed by atoms with E-state index in [0.717, 1.165) is 35.3 Å². The van der Waals surface area contributed by atoms with E-state index in [4.69, 9.17) is 0 Å². The molecule has 0 spiro atoms. The van der Waals surface area contributed by atoms with E-state index in [-0.39, 0.29) is 24.5 Å². The first-order valence-corrected chi connectivity index (χ1v) is 10.0. The first-order valence-electron chi connectivity index (χ1n) is 10.0. The highest BCUT2D eigenvalue weighted by Gasteiger charge is 2.14. The van der Waals surface area contributed by atoms with Gasteiger partial charge in [0, 0.05) is 31.4 Å². The molecule has 1 aliphatic carbocycles. The fraction of sp³-hybridized carbons (Fsp3) is 0.348. The van der Waals surface area contributed by atoms with Gasteiger partial charge < -0.3 is 10.3 Å². The smallest absolute Gasteiger partial charge is 0.220 e. The lowest BCUT2D eigenvalue weighted by Crippen LogP contribution is -2.26. The number of para-hydroxylation sites is 2. The van der Waals surface area contributed by atoms with Crippen LogP contribution in [0.4, 0.5) is 0 Å². The first kappa shape index (κ1) is 18.4. The Balaban J connectivity index is 1.23. The number of aryl methyl sites for hydroxylation is 2. The SMILES string of the molecule is O=C(CCC(=O)c1ccc2c(c1)CCCC2)NCCc1nc2ccccc2[nH]1. The molecule has 0 saturated heterocycles. The molecule has 1 aromatic heterocycles. The van der Waals surface area contributed by atoms with Gasteiger partial charge in [-0.2, -0.15) is 0 Å². The highest BCUT2D eigenvalue weighted by Crippen LogP contribution is 2.23. The maximum atomic E-state index is 12.4. The minimum Gasteiger partial charge on any atom is -0.356 e. The molecular weight excluding hydrogens is 350 g/mol. The van der Waals surface area contributed by atoms with Gasteiger partial charge in [-0.25, -0.2) is 4.98 Å². The Bertz CT molecular complexity index is 973. The molecular formula is C23H25N3O2. The second-order valence-corrected chi connectivity index (χ2v) is 7.41. The summed E-state index contributed by atoms with van der Waals surface area (Å²) < 4.78 is 0. The van der Waals surface area contributed by atoms with Crippen LogP contribution in [0.25, 0.3) is 11.0 Å². The molecule has 1 aliphatic rings. The molecule has 0 atom stereocenters. The van der Waals surface area contributed by atoms with Crippen molar-refractivity contribution in [3.8, 4) is 0 Å². The lowest BCUT2D eigenvalue weighted by Gasteiger charge is -2.16. The van der Waals surface area contributed by atoms with Crippen LogP contribution in [0.15, 0.2) is 42.5 Å². The van der Waals surface area contributed by atoms with Crippen molar-refractivity contribution in [2.45, 2.75) is 44.9 Å². The van der Waals surface area contributed by atoms with Crippen molar-refractivity contribution in [1.82, 2.24) is 15.3 Å². The molecule has 5 nitrogen and oxygen atoms in total. The topological polar surface area (TPSA) is 74.8 Å². The van der Waals surface area contributed by atoms with Gasteiger partial charge in [0.1, 0.15) is 5.82 Å². The Kier molecular flexibility index (Phi) is 5.51. The van der Waals surface area contributed by atoms with E-state index in [0.29, 0.717) is 13.0 Å². The van der Waals surface area contributed by atoms with Gasteiger partial charge in [-0.05, 0) is 55.0 Å². The number of hydrogen-bond donors (Lipinski definition) is 2. The summed E-state index contributed by atoms with van der Waals surface area (Å²) in [6.45, 7) is 0.506. The summed E-state index contributed by atoms with van der Waals surface area (Å²) in [5, 5.41) is 2.88. The number of aromatic nitrogens is 2. The summed E-state index contributed by atoms with van der Waals surface area (Å²) in [4.78, 5) is 32.3. The Hall–Kier alpha value is -2.95. The third kappa shape index (κ3) is 4.30. The van der Waals surface area contributed by atoms with Crippen LogP contribution in [0.3, 0.4) is 0 Å². The molecule has 2 aromatic carbocycles. The molecule has 0 fully saturated rings. The van der Waals surface area contributed by atoms with Gasteiger partial charge in [-0.1, -0.05) is 24.3 Å². The zero-order chi connectivity index (χ0) is 19.3. The summed E-state index contributed by atoms with van der Waals surface area (Å²) >= 11 is 0. The molecule has 1 heterocycles. The predicted octanol–water partition coefficient (Wildman–Crippen LogP) is 3.76. The zero-order valence-electron chi connectivity index (χ0n) is 16.0. The maximum Gasteiger partial charge on any atom is 0.220 e. The second kappa shape index (κ2) is 8.38. The van der Waals surface area contributed by atoms with Crippen molar-refractivity contribution in [2.24, 2.45) is 0 Å². The number of ketones is 1. The van der Waals surface area contributed by atoms with Crippen molar-refractivity contribution in [2.75, 3.05) is 6.54 Å².